The van der Waals surface area contributed by atoms with E-state index >= 15 is 0 Å². The fourth-order valence-electron chi connectivity index (χ4n) is 4.51. The van der Waals surface area contributed by atoms with Gasteiger partial charge in [0.1, 0.15) is 11.4 Å². The Morgan fingerprint density at radius 1 is 1.26 bits per heavy atom. The number of carbonyl (C=O) groups is 1. The first-order chi connectivity index (χ1) is 15.0. The average Bonchev–Trinajstić information content (AvgIpc) is 3.28. The van der Waals surface area contributed by atoms with E-state index in [1.807, 2.05) is 10.6 Å². The van der Waals surface area contributed by atoms with Crippen molar-refractivity contribution in [3.05, 3.63) is 53.4 Å². The maximum absolute atomic E-state index is 12.9. The van der Waals surface area contributed by atoms with E-state index < -0.39 is 12.1 Å². The topological polar surface area (TPSA) is 78.6 Å². The molecule has 1 saturated heterocycles. The number of methoxy groups -OCH3 is 1. The predicted octanol–water partition coefficient (Wildman–Crippen LogP) is 3.78. The van der Waals surface area contributed by atoms with E-state index in [1.165, 1.54) is 25.3 Å². The first-order valence-electron chi connectivity index (χ1n) is 10.3. The Labute approximate surface area is 177 Å². The molecule has 1 atom stereocenters. The van der Waals surface area contributed by atoms with Gasteiger partial charge in [-0.25, -0.2) is 23.7 Å². The van der Waals surface area contributed by atoms with E-state index in [1.54, 1.807) is 6.20 Å². The van der Waals surface area contributed by atoms with Crippen LogP contribution in [0.25, 0.3) is 5.65 Å². The maximum atomic E-state index is 12.9. The molecule has 0 aromatic carbocycles. The second-order valence-electron chi connectivity index (χ2n) is 8.22. The number of rotatable bonds is 6. The monoisotopic (exact) mass is 428 g/mol. The molecular formula is C22H22F2N4O3. The highest BCUT2D eigenvalue weighted by atomic mass is 19.3. The van der Waals surface area contributed by atoms with Crippen molar-refractivity contribution in [2.75, 3.05) is 20.3 Å². The van der Waals surface area contributed by atoms with E-state index in [9.17, 15) is 13.6 Å². The number of aromatic nitrogens is 4. The van der Waals surface area contributed by atoms with Crippen molar-refractivity contribution in [2.24, 2.45) is 5.41 Å². The summed E-state index contributed by atoms with van der Waals surface area (Å²) in [4.78, 5) is 25.6. The predicted molar refractivity (Wildman–Crippen MR) is 107 cm³/mol. The molecule has 0 radical (unpaired) electrons. The summed E-state index contributed by atoms with van der Waals surface area (Å²) in [6.45, 7) is 1.59. The first kappa shape index (κ1) is 20.0. The zero-order valence-corrected chi connectivity index (χ0v) is 17.1. The van der Waals surface area contributed by atoms with Gasteiger partial charge in [0, 0.05) is 31.5 Å². The lowest BCUT2D eigenvalue weighted by atomic mass is 9.93. The number of ether oxygens (including phenoxy) is 2. The highest BCUT2D eigenvalue weighted by Crippen LogP contribution is 2.64. The zero-order valence-electron chi connectivity index (χ0n) is 17.1. The van der Waals surface area contributed by atoms with Gasteiger partial charge in [0.05, 0.1) is 24.9 Å². The van der Waals surface area contributed by atoms with Gasteiger partial charge in [0.25, 0.3) is 12.3 Å². The first-order valence-corrected chi connectivity index (χ1v) is 10.3. The molecule has 31 heavy (non-hydrogen) atoms. The minimum Gasteiger partial charge on any atom is -0.478 e. The molecule has 0 N–H and O–H groups in total. The number of pyridine rings is 1. The van der Waals surface area contributed by atoms with Crippen molar-refractivity contribution in [1.82, 2.24) is 19.4 Å². The van der Waals surface area contributed by atoms with Gasteiger partial charge in [-0.1, -0.05) is 6.07 Å². The third-order valence-electron chi connectivity index (χ3n) is 6.33. The molecule has 1 unspecified atom stereocenters. The quantitative estimate of drug-likeness (QED) is 0.556. The van der Waals surface area contributed by atoms with E-state index in [0.717, 1.165) is 38.2 Å². The van der Waals surface area contributed by atoms with Crippen molar-refractivity contribution >= 4 is 11.4 Å². The Balaban J connectivity index is 1.41. The number of halogens is 2. The molecule has 0 bridgehead atoms. The smallest absolute Gasteiger partial charge is 0.280 e. The average molecular weight is 428 g/mol. The van der Waals surface area contributed by atoms with Crippen LogP contribution < -0.4 is 4.74 Å². The molecule has 1 saturated carbocycles. The minimum atomic E-state index is -2.73. The molecule has 1 aliphatic carbocycles. The van der Waals surface area contributed by atoms with Gasteiger partial charge in [0.15, 0.2) is 5.78 Å². The number of imidazole rings is 1. The van der Waals surface area contributed by atoms with E-state index in [-0.39, 0.29) is 23.3 Å². The standard InChI is InChI=1S/C22H22F2N4O3/c1-30-21-20-27-17(14-10-22(14)5-7-31-8-6-22)12-28(20)11-13(25-21)9-18(29)15-3-2-4-16(26-15)19(23)24/h2-4,11-12,14,19H,5-10H2,1H3. The van der Waals surface area contributed by atoms with Gasteiger partial charge in [0.2, 0.25) is 5.65 Å². The van der Waals surface area contributed by atoms with Crippen molar-refractivity contribution in [3.63, 3.8) is 0 Å². The summed E-state index contributed by atoms with van der Waals surface area (Å²) in [6.07, 6.45) is 4.10. The molecule has 3 aromatic heterocycles. The Bertz CT molecular complexity index is 1140. The van der Waals surface area contributed by atoms with Crippen LogP contribution in [0.2, 0.25) is 0 Å². The number of fused-ring (bicyclic) bond motifs is 1. The summed E-state index contributed by atoms with van der Waals surface area (Å²) in [6, 6.07) is 4.04. The Hall–Kier alpha value is -2.94. The molecular weight excluding hydrogens is 406 g/mol. The summed E-state index contributed by atoms with van der Waals surface area (Å²) >= 11 is 0. The zero-order chi connectivity index (χ0) is 21.6. The third kappa shape index (κ3) is 3.67. The molecule has 162 valence electrons. The summed E-state index contributed by atoms with van der Waals surface area (Å²) in [5, 5.41) is 0. The fraction of sp³-hybridized carbons (Fsp3) is 0.455. The van der Waals surface area contributed by atoms with Crippen LogP contribution in [-0.4, -0.2) is 45.5 Å². The molecule has 9 heteroatoms. The lowest BCUT2D eigenvalue weighted by Crippen LogP contribution is -2.18. The minimum absolute atomic E-state index is 0.00979. The Morgan fingerprint density at radius 3 is 2.81 bits per heavy atom. The molecule has 4 heterocycles. The SMILES string of the molecule is COc1nc(CC(=O)c2cccc(C(F)F)n2)cn2cc(C3CC34CCOCC4)nc12. The van der Waals surface area contributed by atoms with Gasteiger partial charge in [-0.15, -0.1) is 0 Å². The second-order valence-corrected chi connectivity index (χ2v) is 8.22. The number of hydrogen-bond acceptors (Lipinski definition) is 6. The van der Waals surface area contributed by atoms with Crippen LogP contribution in [0, 0.1) is 5.41 Å². The van der Waals surface area contributed by atoms with Gasteiger partial charge < -0.3 is 13.9 Å². The normalized spacial score (nSPS) is 19.8. The van der Waals surface area contributed by atoms with Crippen LogP contribution in [0.15, 0.2) is 30.6 Å². The summed E-state index contributed by atoms with van der Waals surface area (Å²) in [7, 11) is 1.51. The van der Waals surface area contributed by atoms with Gasteiger partial charge in [-0.2, -0.15) is 0 Å². The third-order valence-corrected chi connectivity index (χ3v) is 6.33. The fourth-order valence-corrected chi connectivity index (χ4v) is 4.51. The highest BCUT2D eigenvalue weighted by molar-refractivity contribution is 5.95. The molecule has 3 aromatic rings. The summed E-state index contributed by atoms with van der Waals surface area (Å²) in [5.41, 5.74) is 1.91. The summed E-state index contributed by atoms with van der Waals surface area (Å²) < 4.78 is 38.5. The lowest BCUT2D eigenvalue weighted by molar-refractivity contribution is 0.0556. The van der Waals surface area contributed by atoms with Crippen molar-refractivity contribution in [2.45, 2.75) is 38.0 Å². The highest BCUT2D eigenvalue weighted by Gasteiger charge is 2.55. The van der Waals surface area contributed by atoms with Crippen LogP contribution in [0.4, 0.5) is 8.78 Å². The number of alkyl halides is 2. The van der Waals surface area contributed by atoms with Crippen LogP contribution >= 0.6 is 0 Å². The maximum Gasteiger partial charge on any atom is 0.280 e. The van der Waals surface area contributed by atoms with Crippen LogP contribution in [-0.2, 0) is 11.2 Å². The molecule has 1 spiro atoms. The molecule has 2 fully saturated rings. The van der Waals surface area contributed by atoms with Crippen molar-refractivity contribution < 1.29 is 23.0 Å². The largest absolute Gasteiger partial charge is 0.478 e. The number of Topliss-reactive ketones (excluding diaryl/α,β-unsaturated/α-hetero) is 1. The van der Waals surface area contributed by atoms with Gasteiger partial charge in [-0.05, 0) is 36.8 Å². The number of ketones is 1. The van der Waals surface area contributed by atoms with Crippen LogP contribution in [0.5, 0.6) is 5.88 Å². The van der Waals surface area contributed by atoms with E-state index in [4.69, 9.17) is 14.5 Å². The van der Waals surface area contributed by atoms with Crippen LogP contribution in [0.1, 0.15) is 59.2 Å². The van der Waals surface area contributed by atoms with E-state index in [2.05, 4.69) is 9.97 Å². The molecule has 7 nitrogen and oxygen atoms in total. The molecule has 5 rings (SSSR count). The molecule has 0 amide bonds. The molecule has 1 aliphatic heterocycles. The van der Waals surface area contributed by atoms with Crippen molar-refractivity contribution in [1.29, 1.82) is 0 Å². The van der Waals surface area contributed by atoms with Gasteiger partial charge >= 0.3 is 0 Å². The van der Waals surface area contributed by atoms with Crippen molar-refractivity contribution in [3.8, 4) is 5.88 Å². The Morgan fingerprint density at radius 2 is 2.06 bits per heavy atom. The summed E-state index contributed by atoms with van der Waals surface area (Å²) in [5.74, 6) is 0.333. The number of nitrogens with zero attached hydrogens (tertiary/aromatic N) is 4. The second kappa shape index (κ2) is 7.64. The number of carbonyl (C=O) groups excluding carboxylic acids is 1. The Kier molecular flexibility index (Phi) is 4.92. The van der Waals surface area contributed by atoms with Gasteiger partial charge in [-0.3, -0.25) is 4.79 Å². The molecule has 2 aliphatic rings. The van der Waals surface area contributed by atoms with E-state index in [0.29, 0.717) is 23.1 Å². The number of hydrogen-bond donors (Lipinski definition) is 0. The lowest BCUT2D eigenvalue weighted by Gasteiger charge is -2.22. The van der Waals surface area contributed by atoms with Crippen LogP contribution in [0.3, 0.4) is 0 Å².